The Bertz CT molecular complexity index is 522. The van der Waals surface area contributed by atoms with Gasteiger partial charge in [0, 0.05) is 17.4 Å². The van der Waals surface area contributed by atoms with E-state index >= 15 is 0 Å². The molecule has 6 heteroatoms. The van der Waals surface area contributed by atoms with Gasteiger partial charge in [-0.1, -0.05) is 6.92 Å². The number of nitrogen functional groups attached to an aromatic ring is 1. The molecule has 1 aliphatic rings. The number of nitrogens with one attached hydrogen (secondary N) is 1. The van der Waals surface area contributed by atoms with Crippen LogP contribution in [0.5, 0.6) is 0 Å². The first kappa shape index (κ1) is 12.2. The van der Waals surface area contributed by atoms with Crippen molar-refractivity contribution < 1.29 is 8.42 Å². The zero-order valence-corrected chi connectivity index (χ0v) is 10.5. The van der Waals surface area contributed by atoms with E-state index in [0.717, 1.165) is 18.8 Å². The van der Waals surface area contributed by atoms with E-state index in [-0.39, 0.29) is 4.90 Å². The van der Waals surface area contributed by atoms with Crippen LogP contribution in [0.2, 0.25) is 0 Å². The van der Waals surface area contributed by atoms with Crippen molar-refractivity contribution in [2.24, 2.45) is 11.1 Å². The van der Waals surface area contributed by atoms with E-state index in [1.54, 1.807) is 6.07 Å². The van der Waals surface area contributed by atoms with Gasteiger partial charge < -0.3 is 11.1 Å². The summed E-state index contributed by atoms with van der Waals surface area (Å²) >= 11 is 0. The van der Waals surface area contributed by atoms with Crippen LogP contribution in [0, 0.1) is 5.92 Å². The normalized spacial score (nSPS) is 24.1. The maximum Gasteiger partial charge on any atom is 0.238 e. The maximum atomic E-state index is 11.3. The highest BCUT2D eigenvalue weighted by Gasteiger charge is 2.25. The van der Waals surface area contributed by atoms with Gasteiger partial charge in [-0.3, -0.25) is 0 Å². The van der Waals surface area contributed by atoms with Crippen molar-refractivity contribution in [3.8, 4) is 0 Å². The molecule has 0 saturated heterocycles. The van der Waals surface area contributed by atoms with Gasteiger partial charge in [0.2, 0.25) is 10.0 Å². The fourth-order valence-corrected chi connectivity index (χ4v) is 2.72. The van der Waals surface area contributed by atoms with Crippen LogP contribution >= 0.6 is 0 Å². The molecule has 0 atom stereocenters. The van der Waals surface area contributed by atoms with Crippen LogP contribution in [0.4, 0.5) is 11.4 Å². The molecule has 0 aromatic heterocycles. The summed E-state index contributed by atoms with van der Waals surface area (Å²) in [6.45, 7) is 2.19. The molecule has 0 unspecified atom stereocenters. The second-order valence-electron chi connectivity index (χ2n) is 4.75. The monoisotopic (exact) mass is 255 g/mol. The van der Waals surface area contributed by atoms with Crippen molar-refractivity contribution in [2.75, 3.05) is 11.1 Å². The van der Waals surface area contributed by atoms with Crippen molar-refractivity contribution >= 4 is 21.4 Å². The van der Waals surface area contributed by atoms with Gasteiger partial charge in [-0.2, -0.15) is 0 Å². The minimum absolute atomic E-state index is 0.0485. The molecule has 1 aromatic carbocycles. The number of benzene rings is 1. The molecule has 1 fully saturated rings. The van der Waals surface area contributed by atoms with Crippen molar-refractivity contribution in [3.63, 3.8) is 0 Å². The smallest absolute Gasteiger partial charge is 0.238 e. The quantitative estimate of drug-likeness (QED) is 0.705. The molecule has 0 heterocycles. The average Bonchev–Trinajstić information content (AvgIpc) is 2.13. The van der Waals surface area contributed by atoms with E-state index in [2.05, 4.69) is 12.2 Å². The molecule has 5 N–H and O–H groups in total. The lowest BCUT2D eigenvalue weighted by Gasteiger charge is -2.34. The van der Waals surface area contributed by atoms with Crippen molar-refractivity contribution in [1.82, 2.24) is 0 Å². The first-order valence-electron chi connectivity index (χ1n) is 5.54. The summed E-state index contributed by atoms with van der Waals surface area (Å²) in [7, 11) is -3.70. The van der Waals surface area contributed by atoms with Gasteiger partial charge in [0.25, 0.3) is 0 Å². The Morgan fingerprint density at radius 2 is 1.94 bits per heavy atom. The average molecular weight is 255 g/mol. The summed E-state index contributed by atoms with van der Waals surface area (Å²) in [5.74, 6) is 0.728. The molecule has 0 aliphatic heterocycles. The number of anilines is 2. The lowest BCUT2D eigenvalue weighted by molar-refractivity contribution is 0.309. The second-order valence-corrected chi connectivity index (χ2v) is 6.31. The van der Waals surface area contributed by atoms with Crippen LogP contribution in [0.3, 0.4) is 0 Å². The highest BCUT2D eigenvalue weighted by Crippen LogP contribution is 2.30. The molecule has 0 radical (unpaired) electrons. The Morgan fingerprint density at radius 1 is 1.29 bits per heavy atom. The van der Waals surface area contributed by atoms with Crippen molar-refractivity contribution in [3.05, 3.63) is 18.2 Å². The molecule has 0 amide bonds. The summed E-state index contributed by atoms with van der Waals surface area (Å²) in [6.07, 6.45) is 2.19. The van der Waals surface area contributed by atoms with Gasteiger partial charge in [-0.05, 0) is 37.0 Å². The first-order valence-corrected chi connectivity index (χ1v) is 7.09. The molecular formula is C11H17N3O2S. The third-order valence-corrected chi connectivity index (χ3v) is 3.89. The fraction of sp³-hybridized carbons (Fsp3) is 0.455. The summed E-state index contributed by atoms with van der Waals surface area (Å²) < 4.78 is 22.5. The van der Waals surface area contributed by atoms with Gasteiger partial charge in [0.15, 0.2) is 0 Å². The zero-order chi connectivity index (χ0) is 12.6. The molecule has 94 valence electrons. The van der Waals surface area contributed by atoms with Crippen molar-refractivity contribution in [2.45, 2.75) is 30.7 Å². The van der Waals surface area contributed by atoms with Crippen molar-refractivity contribution in [1.29, 1.82) is 0 Å². The third kappa shape index (κ3) is 2.89. The minimum atomic E-state index is -3.70. The molecule has 17 heavy (non-hydrogen) atoms. The highest BCUT2D eigenvalue weighted by molar-refractivity contribution is 7.89. The summed E-state index contributed by atoms with van der Waals surface area (Å²) in [6, 6.07) is 5.01. The minimum Gasteiger partial charge on any atom is -0.399 e. The lowest BCUT2D eigenvalue weighted by Crippen LogP contribution is -2.33. The highest BCUT2D eigenvalue weighted by atomic mass is 32.2. The molecular weight excluding hydrogens is 238 g/mol. The van der Waals surface area contributed by atoms with Crippen LogP contribution in [0.25, 0.3) is 0 Å². The van der Waals surface area contributed by atoms with Crippen LogP contribution in [-0.4, -0.2) is 14.5 Å². The second kappa shape index (κ2) is 4.19. The molecule has 1 aliphatic carbocycles. The lowest BCUT2D eigenvalue weighted by atomic mass is 9.82. The summed E-state index contributed by atoms with van der Waals surface area (Å²) in [5, 5.41) is 8.34. The molecule has 1 aromatic rings. The largest absolute Gasteiger partial charge is 0.399 e. The number of sulfonamides is 1. The SMILES string of the molecule is CC1CC(Nc2cc(N)cc(S(N)(=O)=O)c2)C1. The Kier molecular flexibility index (Phi) is 3.01. The van der Waals surface area contributed by atoms with Gasteiger partial charge >= 0.3 is 0 Å². The Balaban J connectivity index is 2.20. The number of rotatable bonds is 3. The van der Waals surface area contributed by atoms with E-state index in [1.165, 1.54) is 12.1 Å². The van der Waals surface area contributed by atoms with Crippen LogP contribution < -0.4 is 16.2 Å². The zero-order valence-electron chi connectivity index (χ0n) is 9.68. The molecule has 0 spiro atoms. The summed E-state index contributed by atoms with van der Waals surface area (Å²) in [5.41, 5.74) is 6.77. The third-order valence-electron chi connectivity index (χ3n) is 3.00. The standard InChI is InChI=1S/C11H17N3O2S/c1-7-2-9(3-7)14-10-4-8(12)5-11(6-10)17(13,15)16/h4-7,9,14H,2-3,12H2,1H3,(H2,13,15,16). The molecule has 1 saturated carbocycles. The van der Waals surface area contributed by atoms with E-state index < -0.39 is 10.0 Å². The first-order chi connectivity index (χ1) is 7.84. The number of primary sulfonamides is 1. The van der Waals surface area contributed by atoms with Crippen LogP contribution in [0.15, 0.2) is 23.1 Å². The summed E-state index contributed by atoms with van der Waals surface area (Å²) in [4.78, 5) is 0.0485. The van der Waals surface area contributed by atoms with Gasteiger partial charge in [0.05, 0.1) is 4.90 Å². The number of hydrogen-bond donors (Lipinski definition) is 3. The number of hydrogen-bond acceptors (Lipinski definition) is 4. The Morgan fingerprint density at radius 3 is 2.47 bits per heavy atom. The maximum absolute atomic E-state index is 11.3. The predicted octanol–water partition coefficient (Wildman–Crippen LogP) is 1.13. The topological polar surface area (TPSA) is 98.2 Å². The Hall–Kier alpha value is -1.27. The van der Waals surface area contributed by atoms with Gasteiger partial charge in [-0.25, -0.2) is 13.6 Å². The molecule has 2 rings (SSSR count). The number of nitrogens with two attached hydrogens (primary N) is 2. The van der Waals surface area contributed by atoms with E-state index in [1.807, 2.05) is 0 Å². The predicted molar refractivity (Wildman–Crippen MR) is 68.0 cm³/mol. The Labute approximate surface area is 101 Å². The van der Waals surface area contributed by atoms with Crippen LogP contribution in [-0.2, 0) is 10.0 Å². The van der Waals surface area contributed by atoms with E-state index in [9.17, 15) is 8.42 Å². The fourth-order valence-electron chi connectivity index (χ4n) is 2.13. The van der Waals surface area contributed by atoms with E-state index in [4.69, 9.17) is 10.9 Å². The molecule has 0 bridgehead atoms. The van der Waals surface area contributed by atoms with Gasteiger partial charge in [0.1, 0.15) is 0 Å². The van der Waals surface area contributed by atoms with E-state index in [0.29, 0.717) is 17.4 Å². The molecule has 5 nitrogen and oxygen atoms in total. The van der Waals surface area contributed by atoms with Crippen LogP contribution in [0.1, 0.15) is 19.8 Å². The van der Waals surface area contributed by atoms with Gasteiger partial charge in [-0.15, -0.1) is 0 Å².